The van der Waals surface area contributed by atoms with Crippen LogP contribution in [-0.2, 0) is 0 Å². The molecule has 0 aliphatic carbocycles. The third kappa shape index (κ3) is 4.11. The highest BCUT2D eigenvalue weighted by molar-refractivity contribution is 7.97. The molecule has 2 aromatic heterocycles. The smallest absolute Gasteiger partial charge is 0.286 e. The first-order valence-corrected chi connectivity index (χ1v) is 5.17. The first-order chi connectivity index (χ1) is 7.74. The Morgan fingerprint density at radius 2 is 2.25 bits per heavy atom. The molecule has 2 aromatic rings. The van der Waals surface area contributed by atoms with E-state index >= 15 is 0 Å². The monoisotopic (exact) mass is 238 g/mol. The minimum atomic E-state index is -0.448. The van der Waals surface area contributed by atoms with E-state index in [4.69, 9.17) is 5.14 Å². The molecule has 0 spiro atoms. The number of pyridine rings is 1. The summed E-state index contributed by atoms with van der Waals surface area (Å²) < 4.78 is 0. The number of hydrogen-bond donors (Lipinski definition) is 2. The lowest BCUT2D eigenvalue weighted by molar-refractivity contribution is -0.384. The predicted molar refractivity (Wildman–Crippen MR) is 61.7 cm³/mol. The summed E-state index contributed by atoms with van der Waals surface area (Å²) in [5, 5.41) is 15.9. The highest BCUT2D eigenvalue weighted by atomic mass is 32.2. The number of aromatic amines is 1. The Hall–Kier alpha value is -1.86. The maximum atomic E-state index is 9.85. The SMILES string of the molecule is NSc1ccccn1.O=[N+]([O-])c1cc[nH]c1. The number of rotatable bonds is 2. The van der Waals surface area contributed by atoms with Gasteiger partial charge in [-0.25, -0.2) is 4.98 Å². The molecule has 16 heavy (non-hydrogen) atoms. The molecule has 0 unspecified atom stereocenters. The zero-order valence-electron chi connectivity index (χ0n) is 8.24. The van der Waals surface area contributed by atoms with Crippen LogP contribution in [-0.4, -0.2) is 14.9 Å². The largest absolute Gasteiger partial charge is 0.362 e. The van der Waals surface area contributed by atoms with E-state index in [1.165, 1.54) is 18.5 Å². The average molecular weight is 238 g/mol. The van der Waals surface area contributed by atoms with Gasteiger partial charge in [0.25, 0.3) is 5.69 Å². The Labute approximate surface area is 96.2 Å². The molecule has 0 aliphatic rings. The van der Waals surface area contributed by atoms with Crippen LogP contribution < -0.4 is 5.14 Å². The van der Waals surface area contributed by atoms with Crippen LogP contribution in [0, 0.1) is 10.1 Å². The summed E-state index contributed by atoms with van der Waals surface area (Å²) in [5.74, 6) is 0. The quantitative estimate of drug-likeness (QED) is 0.473. The number of nitrogens with two attached hydrogens (primary N) is 1. The number of aromatic nitrogens is 2. The summed E-state index contributed by atoms with van der Waals surface area (Å²) in [4.78, 5) is 15.9. The fourth-order valence-corrected chi connectivity index (χ4v) is 1.12. The van der Waals surface area contributed by atoms with Crippen molar-refractivity contribution in [1.82, 2.24) is 9.97 Å². The highest BCUT2D eigenvalue weighted by Crippen LogP contribution is 2.05. The number of nitrogens with zero attached hydrogens (tertiary/aromatic N) is 2. The fourth-order valence-electron chi connectivity index (χ4n) is 0.845. The summed E-state index contributed by atoms with van der Waals surface area (Å²) in [6.07, 6.45) is 4.56. The van der Waals surface area contributed by atoms with Crippen LogP contribution in [0.2, 0.25) is 0 Å². The summed E-state index contributed by atoms with van der Waals surface area (Å²) in [6.45, 7) is 0. The van der Waals surface area contributed by atoms with Crippen LogP contribution in [0.1, 0.15) is 0 Å². The lowest BCUT2D eigenvalue weighted by Crippen LogP contribution is -1.82. The second kappa shape index (κ2) is 6.59. The van der Waals surface area contributed by atoms with Crippen molar-refractivity contribution < 1.29 is 4.92 Å². The summed E-state index contributed by atoms with van der Waals surface area (Å²) in [6, 6.07) is 7.03. The molecule has 0 saturated heterocycles. The molecule has 0 amide bonds. The van der Waals surface area contributed by atoms with E-state index in [0.717, 1.165) is 17.0 Å². The molecule has 0 atom stereocenters. The second-order valence-corrected chi connectivity index (χ2v) is 3.27. The highest BCUT2D eigenvalue weighted by Gasteiger charge is 2.00. The average Bonchev–Trinajstić information content (AvgIpc) is 2.85. The van der Waals surface area contributed by atoms with Crippen molar-refractivity contribution in [2.75, 3.05) is 0 Å². The minimum absolute atomic E-state index is 0.102. The number of nitrogens with one attached hydrogen (secondary N) is 1. The van der Waals surface area contributed by atoms with E-state index in [9.17, 15) is 10.1 Å². The third-order valence-electron chi connectivity index (χ3n) is 1.55. The van der Waals surface area contributed by atoms with Gasteiger partial charge in [-0.15, -0.1) is 0 Å². The van der Waals surface area contributed by atoms with Crippen molar-refractivity contribution in [2.45, 2.75) is 5.03 Å². The van der Waals surface area contributed by atoms with Gasteiger partial charge in [-0.2, -0.15) is 0 Å². The van der Waals surface area contributed by atoms with Gasteiger partial charge in [-0.05, 0) is 24.1 Å². The molecule has 3 N–H and O–H groups in total. The maximum Gasteiger partial charge on any atom is 0.286 e. The summed E-state index contributed by atoms with van der Waals surface area (Å²) in [7, 11) is 0. The Morgan fingerprint density at radius 1 is 1.44 bits per heavy atom. The van der Waals surface area contributed by atoms with Gasteiger partial charge in [-0.3, -0.25) is 15.3 Å². The molecule has 0 radical (unpaired) electrons. The molecule has 0 saturated carbocycles. The molecule has 0 fully saturated rings. The molecule has 0 bridgehead atoms. The van der Waals surface area contributed by atoms with Crippen molar-refractivity contribution in [3.8, 4) is 0 Å². The van der Waals surface area contributed by atoms with Crippen LogP contribution in [0.25, 0.3) is 0 Å². The number of hydrogen-bond acceptors (Lipinski definition) is 5. The molecule has 6 nitrogen and oxygen atoms in total. The Bertz CT molecular complexity index is 418. The predicted octanol–water partition coefficient (Wildman–Crippen LogP) is 1.97. The van der Waals surface area contributed by atoms with Gasteiger partial charge in [0, 0.05) is 18.5 Å². The fraction of sp³-hybridized carbons (Fsp3) is 0. The summed E-state index contributed by atoms with van der Waals surface area (Å²) in [5.41, 5.74) is 0.102. The van der Waals surface area contributed by atoms with E-state index in [2.05, 4.69) is 9.97 Å². The molecular weight excluding hydrogens is 228 g/mol. The lowest BCUT2D eigenvalue weighted by Gasteiger charge is -1.87. The molecule has 2 heterocycles. The van der Waals surface area contributed by atoms with Crippen LogP contribution in [0.3, 0.4) is 0 Å². The van der Waals surface area contributed by atoms with Crippen LogP contribution in [0.4, 0.5) is 5.69 Å². The number of H-pyrrole nitrogens is 1. The summed E-state index contributed by atoms with van der Waals surface area (Å²) >= 11 is 1.16. The van der Waals surface area contributed by atoms with Crippen molar-refractivity contribution in [3.05, 3.63) is 53.0 Å². The van der Waals surface area contributed by atoms with Gasteiger partial charge in [0.2, 0.25) is 0 Å². The van der Waals surface area contributed by atoms with Crippen molar-refractivity contribution >= 4 is 17.6 Å². The Morgan fingerprint density at radius 3 is 2.56 bits per heavy atom. The molecule has 2 rings (SSSR count). The van der Waals surface area contributed by atoms with Crippen molar-refractivity contribution in [3.63, 3.8) is 0 Å². The van der Waals surface area contributed by atoms with E-state index < -0.39 is 4.92 Å². The van der Waals surface area contributed by atoms with E-state index in [0.29, 0.717) is 0 Å². The van der Waals surface area contributed by atoms with Gasteiger partial charge in [-0.1, -0.05) is 6.07 Å². The van der Waals surface area contributed by atoms with Crippen LogP contribution in [0.15, 0.2) is 47.9 Å². The minimum Gasteiger partial charge on any atom is -0.362 e. The Kier molecular flexibility index (Phi) is 5.03. The maximum absolute atomic E-state index is 9.85. The van der Waals surface area contributed by atoms with Gasteiger partial charge in [0.1, 0.15) is 5.03 Å². The van der Waals surface area contributed by atoms with Gasteiger partial charge in [0.05, 0.1) is 11.1 Å². The molecule has 84 valence electrons. The van der Waals surface area contributed by atoms with E-state index in [-0.39, 0.29) is 5.69 Å². The van der Waals surface area contributed by atoms with Gasteiger partial charge < -0.3 is 4.98 Å². The Balaban J connectivity index is 0.000000160. The van der Waals surface area contributed by atoms with Gasteiger partial charge >= 0.3 is 0 Å². The lowest BCUT2D eigenvalue weighted by atomic mass is 10.5. The first-order valence-electron chi connectivity index (χ1n) is 4.29. The normalized spacial score (nSPS) is 9.06. The zero-order valence-corrected chi connectivity index (χ0v) is 9.05. The topological polar surface area (TPSA) is 97.8 Å². The first kappa shape index (κ1) is 12.2. The zero-order chi connectivity index (χ0) is 11.8. The molecule has 0 aliphatic heterocycles. The molecule has 7 heteroatoms. The standard InChI is InChI=1S/C5H6N2S.C4H4N2O2/c6-8-5-3-1-2-4-7-5;7-6(8)4-1-2-5-3-4/h1-4H,6H2;1-3,5H. The molecule has 0 aromatic carbocycles. The molecular formula is C9H10N4O2S. The van der Waals surface area contributed by atoms with E-state index in [1.807, 2.05) is 18.2 Å². The van der Waals surface area contributed by atoms with Crippen molar-refractivity contribution in [2.24, 2.45) is 5.14 Å². The van der Waals surface area contributed by atoms with Gasteiger partial charge in [0.15, 0.2) is 0 Å². The third-order valence-corrected chi connectivity index (χ3v) is 2.03. The van der Waals surface area contributed by atoms with E-state index in [1.54, 1.807) is 6.20 Å². The van der Waals surface area contributed by atoms with Crippen molar-refractivity contribution in [1.29, 1.82) is 0 Å². The number of nitro groups is 1. The van der Waals surface area contributed by atoms with Crippen LogP contribution >= 0.6 is 11.9 Å². The second-order valence-electron chi connectivity index (χ2n) is 2.61. The van der Waals surface area contributed by atoms with Crippen LogP contribution in [0.5, 0.6) is 0 Å².